The molecule has 1 saturated heterocycles. The molecule has 10 heteroatoms. The molecule has 122 valence electrons. The zero-order valence-corrected chi connectivity index (χ0v) is 14.4. The van der Waals surface area contributed by atoms with Crippen LogP contribution in [0.15, 0.2) is 33.8 Å². The predicted octanol–water partition coefficient (Wildman–Crippen LogP) is 0.829. The molecule has 1 aromatic carbocycles. The number of carbonyl (C=O) groups is 3. The number of hydrogen-bond donors (Lipinski definition) is 2. The van der Waals surface area contributed by atoms with Crippen molar-refractivity contribution in [3.8, 4) is 6.07 Å². The molecule has 1 heterocycles. The van der Waals surface area contributed by atoms with Crippen LogP contribution < -0.4 is 15.6 Å². The fourth-order valence-corrected chi connectivity index (χ4v) is 2.41. The molecule has 0 aromatic heterocycles. The highest BCUT2D eigenvalue weighted by Crippen LogP contribution is 2.22. The van der Waals surface area contributed by atoms with Crippen LogP contribution in [-0.4, -0.2) is 29.0 Å². The van der Waals surface area contributed by atoms with Crippen LogP contribution in [0.2, 0.25) is 0 Å². The molecule has 0 saturated carbocycles. The van der Waals surface area contributed by atoms with E-state index in [1.807, 2.05) is 0 Å². The maximum Gasteiger partial charge on any atom is 0.254 e. The second-order valence-corrected chi connectivity index (χ2v) is 5.87. The molecule has 0 unspecified atom stereocenters. The summed E-state index contributed by atoms with van der Waals surface area (Å²) >= 11 is 8.34. The molecule has 1 fully saturated rings. The number of carbonyl (C=O) groups excluding carboxylic acids is 3. The molecule has 1 aliphatic heterocycles. The van der Waals surface area contributed by atoms with Gasteiger partial charge in [-0.15, -0.1) is 0 Å². The standard InChI is InChI=1S/C14H10BrN5O3S/c15-8-1-3-9(4-2-8)20-13(23)10(12(22)18-14(20)24)7-17-19-11(21)5-6-16/h1-4,7,10H,5H2,(H,19,21)(H,18,22,24)/b17-7-/t10-/m0/s1. The van der Waals surface area contributed by atoms with E-state index in [1.165, 1.54) is 4.90 Å². The van der Waals surface area contributed by atoms with Gasteiger partial charge in [-0.25, -0.2) is 5.43 Å². The van der Waals surface area contributed by atoms with Gasteiger partial charge in [-0.1, -0.05) is 15.9 Å². The lowest BCUT2D eigenvalue weighted by Gasteiger charge is -2.30. The summed E-state index contributed by atoms with van der Waals surface area (Å²) < 4.78 is 0.823. The number of hydrazone groups is 1. The van der Waals surface area contributed by atoms with Crippen molar-refractivity contribution >= 4 is 62.9 Å². The van der Waals surface area contributed by atoms with Gasteiger partial charge in [-0.2, -0.15) is 10.4 Å². The summed E-state index contributed by atoms with van der Waals surface area (Å²) in [5, 5.41) is 14.3. The van der Waals surface area contributed by atoms with Crippen LogP contribution in [0, 0.1) is 17.2 Å². The second-order valence-electron chi connectivity index (χ2n) is 4.57. The molecule has 3 amide bonds. The van der Waals surface area contributed by atoms with Crippen LogP contribution >= 0.6 is 28.1 Å². The second kappa shape index (κ2) is 7.76. The Labute approximate surface area is 150 Å². The summed E-state index contributed by atoms with van der Waals surface area (Å²) in [6.07, 6.45) is 0.623. The summed E-state index contributed by atoms with van der Waals surface area (Å²) in [7, 11) is 0. The number of nitrogens with one attached hydrogen (secondary N) is 2. The van der Waals surface area contributed by atoms with Crippen molar-refractivity contribution in [2.45, 2.75) is 6.42 Å². The number of hydrogen-bond acceptors (Lipinski definition) is 6. The third-order valence-corrected chi connectivity index (χ3v) is 3.75. The van der Waals surface area contributed by atoms with E-state index in [-0.39, 0.29) is 11.5 Å². The molecular formula is C14H10BrN5O3S. The van der Waals surface area contributed by atoms with E-state index in [2.05, 4.69) is 31.8 Å². The molecule has 1 aromatic rings. The molecule has 2 rings (SSSR count). The van der Waals surface area contributed by atoms with Gasteiger partial charge in [0.15, 0.2) is 11.0 Å². The minimum Gasteiger partial charge on any atom is -0.301 e. The SMILES string of the molecule is N#CCC(=O)N/N=C\[C@H]1C(=O)NC(=S)N(c2ccc(Br)cc2)C1=O. The number of halogens is 1. The van der Waals surface area contributed by atoms with Gasteiger partial charge in [-0.05, 0) is 36.5 Å². The van der Waals surface area contributed by atoms with Crippen LogP contribution in [0.3, 0.4) is 0 Å². The molecule has 1 atom stereocenters. The highest BCUT2D eigenvalue weighted by Gasteiger charge is 2.38. The fourth-order valence-electron chi connectivity index (χ4n) is 1.85. The van der Waals surface area contributed by atoms with E-state index in [0.717, 1.165) is 10.7 Å². The summed E-state index contributed by atoms with van der Waals surface area (Å²) in [6.45, 7) is 0. The highest BCUT2D eigenvalue weighted by molar-refractivity contribution is 9.10. The number of nitrogens with zero attached hydrogens (tertiary/aromatic N) is 3. The van der Waals surface area contributed by atoms with E-state index in [0.29, 0.717) is 5.69 Å². The van der Waals surface area contributed by atoms with Crippen molar-refractivity contribution < 1.29 is 14.4 Å². The Morgan fingerprint density at radius 2 is 2.12 bits per heavy atom. The smallest absolute Gasteiger partial charge is 0.254 e. The first-order valence-corrected chi connectivity index (χ1v) is 7.77. The minimum atomic E-state index is -1.25. The molecule has 0 aliphatic carbocycles. The van der Waals surface area contributed by atoms with Gasteiger partial charge in [0.1, 0.15) is 6.42 Å². The van der Waals surface area contributed by atoms with Crippen LogP contribution in [-0.2, 0) is 14.4 Å². The van der Waals surface area contributed by atoms with E-state index < -0.39 is 23.6 Å². The lowest BCUT2D eigenvalue weighted by atomic mass is 10.1. The van der Waals surface area contributed by atoms with Gasteiger partial charge in [-0.3, -0.25) is 19.3 Å². The molecule has 8 nitrogen and oxygen atoms in total. The van der Waals surface area contributed by atoms with Crippen molar-refractivity contribution in [3.05, 3.63) is 28.7 Å². The predicted molar refractivity (Wildman–Crippen MR) is 92.7 cm³/mol. The lowest BCUT2D eigenvalue weighted by Crippen LogP contribution is -2.58. The molecule has 0 bridgehead atoms. The molecule has 0 spiro atoms. The summed E-state index contributed by atoms with van der Waals surface area (Å²) in [5.41, 5.74) is 2.55. The topological polar surface area (TPSA) is 115 Å². The third-order valence-electron chi connectivity index (χ3n) is 2.94. The maximum absolute atomic E-state index is 12.5. The van der Waals surface area contributed by atoms with Gasteiger partial charge in [0.2, 0.25) is 5.91 Å². The molecule has 24 heavy (non-hydrogen) atoms. The zero-order chi connectivity index (χ0) is 17.7. The van der Waals surface area contributed by atoms with Crippen LogP contribution in [0.5, 0.6) is 0 Å². The Kier molecular flexibility index (Phi) is 5.73. The van der Waals surface area contributed by atoms with Gasteiger partial charge >= 0.3 is 0 Å². The van der Waals surface area contributed by atoms with Gasteiger partial charge < -0.3 is 5.32 Å². The largest absolute Gasteiger partial charge is 0.301 e. The van der Waals surface area contributed by atoms with Crippen molar-refractivity contribution in [2.75, 3.05) is 4.90 Å². The lowest BCUT2D eigenvalue weighted by molar-refractivity contribution is -0.130. The van der Waals surface area contributed by atoms with Crippen molar-refractivity contribution in [3.63, 3.8) is 0 Å². The molecule has 0 radical (unpaired) electrons. The first-order chi connectivity index (χ1) is 11.4. The monoisotopic (exact) mass is 407 g/mol. The summed E-state index contributed by atoms with van der Waals surface area (Å²) in [6, 6.07) is 8.43. The Balaban J connectivity index is 2.19. The Bertz CT molecular complexity index is 772. The van der Waals surface area contributed by atoms with Gasteiger partial charge in [0, 0.05) is 10.7 Å². The highest BCUT2D eigenvalue weighted by atomic mass is 79.9. The number of nitriles is 1. The van der Waals surface area contributed by atoms with E-state index in [9.17, 15) is 14.4 Å². The van der Waals surface area contributed by atoms with Crippen molar-refractivity contribution in [1.82, 2.24) is 10.7 Å². The fraction of sp³-hybridized carbons (Fsp3) is 0.143. The van der Waals surface area contributed by atoms with E-state index in [4.69, 9.17) is 17.5 Å². The van der Waals surface area contributed by atoms with E-state index in [1.54, 1.807) is 30.3 Å². The number of anilines is 1. The summed E-state index contributed by atoms with van der Waals surface area (Å²) in [5.74, 6) is -3.12. The number of thiocarbonyl (C=S) groups is 1. The molecule has 1 aliphatic rings. The minimum absolute atomic E-state index is 0.0366. The van der Waals surface area contributed by atoms with E-state index >= 15 is 0 Å². The van der Waals surface area contributed by atoms with Crippen molar-refractivity contribution in [2.24, 2.45) is 11.0 Å². The Morgan fingerprint density at radius 3 is 2.75 bits per heavy atom. The number of benzene rings is 1. The van der Waals surface area contributed by atoms with Crippen molar-refractivity contribution in [1.29, 1.82) is 5.26 Å². The first kappa shape index (κ1) is 17.7. The summed E-state index contributed by atoms with van der Waals surface area (Å²) in [4.78, 5) is 36.8. The number of rotatable bonds is 4. The maximum atomic E-state index is 12.5. The number of amides is 3. The molecule has 2 N–H and O–H groups in total. The first-order valence-electron chi connectivity index (χ1n) is 6.57. The third kappa shape index (κ3) is 4.01. The van der Waals surface area contributed by atoms with Crippen LogP contribution in [0.4, 0.5) is 5.69 Å². The average molecular weight is 408 g/mol. The normalized spacial score (nSPS) is 17.6. The Morgan fingerprint density at radius 1 is 1.46 bits per heavy atom. The molecular weight excluding hydrogens is 398 g/mol. The average Bonchev–Trinajstić information content (AvgIpc) is 2.52. The van der Waals surface area contributed by atoms with Crippen LogP contribution in [0.25, 0.3) is 0 Å². The van der Waals surface area contributed by atoms with Crippen LogP contribution in [0.1, 0.15) is 6.42 Å². The van der Waals surface area contributed by atoms with Gasteiger partial charge in [0.25, 0.3) is 11.8 Å². The Hall–Kier alpha value is -2.64. The zero-order valence-electron chi connectivity index (χ0n) is 12.0. The van der Waals surface area contributed by atoms with Gasteiger partial charge in [0.05, 0.1) is 11.8 Å². The quantitative estimate of drug-likeness (QED) is 0.332.